The van der Waals surface area contributed by atoms with Crippen molar-refractivity contribution in [2.45, 2.75) is 38.6 Å². The lowest BCUT2D eigenvalue weighted by Crippen LogP contribution is -2.45. The molecule has 0 aromatic carbocycles. The Kier molecular flexibility index (Phi) is 4.81. The summed E-state index contributed by atoms with van der Waals surface area (Å²) in [6.07, 6.45) is 6.44. The first kappa shape index (κ1) is 15.0. The van der Waals surface area contributed by atoms with E-state index in [9.17, 15) is 4.79 Å². The van der Waals surface area contributed by atoms with Crippen molar-refractivity contribution < 1.29 is 4.79 Å². The molecule has 1 aliphatic rings. The summed E-state index contributed by atoms with van der Waals surface area (Å²) in [7, 11) is 6.05. The van der Waals surface area contributed by atoms with E-state index in [-0.39, 0.29) is 5.91 Å². The van der Waals surface area contributed by atoms with E-state index in [1.54, 1.807) is 10.9 Å². The Bertz CT molecular complexity index is 466. The maximum atomic E-state index is 12.4. The van der Waals surface area contributed by atoms with Crippen LogP contribution in [-0.2, 0) is 7.05 Å². The molecule has 0 bridgehead atoms. The van der Waals surface area contributed by atoms with Gasteiger partial charge < -0.3 is 10.2 Å². The molecule has 5 heteroatoms. The minimum Gasteiger partial charge on any atom is -0.349 e. The summed E-state index contributed by atoms with van der Waals surface area (Å²) in [6, 6.07) is 0.290. The first-order valence-electron chi connectivity index (χ1n) is 7.43. The molecule has 0 radical (unpaired) electrons. The highest BCUT2D eigenvalue weighted by Gasteiger charge is 2.27. The minimum atomic E-state index is 0.0197. The normalized spacial score (nSPS) is 23.1. The lowest BCUT2D eigenvalue weighted by molar-refractivity contribution is 0.0894. The van der Waals surface area contributed by atoms with Gasteiger partial charge in [-0.25, -0.2) is 0 Å². The molecule has 1 saturated carbocycles. The Morgan fingerprint density at radius 2 is 2.15 bits per heavy atom. The summed E-state index contributed by atoms with van der Waals surface area (Å²) in [4.78, 5) is 14.6. The van der Waals surface area contributed by atoms with E-state index >= 15 is 0 Å². The SMILES string of the molecule is Cc1c(C(=O)NC2CCCCC2CN(C)C)cnn1C. The maximum Gasteiger partial charge on any atom is 0.254 e. The molecule has 0 aliphatic heterocycles. The predicted octanol–water partition coefficient (Wildman–Crippen LogP) is 1.58. The second kappa shape index (κ2) is 6.39. The molecular weight excluding hydrogens is 252 g/mol. The fourth-order valence-corrected chi connectivity index (χ4v) is 3.05. The van der Waals surface area contributed by atoms with Gasteiger partial charge in [-0.05, 0) is 39.8 Å². The molecule has 1 aliphatic carbocycles. The molecule has 1 heterocycles. The van der Waals surface area contributed by atoms with Gasteiger partial charge in [0.15, 0.2) is 0 Å². The number of carbonyl (C=O) groups excluding carboxylic acids is 1. The first-order chi connectivity index (χ1) is 9.49. The summed E-state index contributed by atoms with van der Waals surface area (Å²) in [5.74, 6) is 0.575. The lowest BCUT2D eigenvalue weighted by atomic mass is 9.84. The molecule has 2 rings (SSSR count). The molecule has 20 heavy (non-hydrogen) atoms. The Morgan fingerprint density at radius 3 is 2.75 bits per heavy atom. The maximum absolute atomic E-state index is 12.4. The van der Waals surface area contributed by atoms with Crippen LogP contribution in [0.5, 0.6) is 0 Å². The molecule has 0 saturated heterocycles. The van der Waals surface area contributed by atoms with E-state index in [4.69, 9.17) is 0 Å². The smallest absolute Gasteiger partial charge is 0.254 e. The number of nitrogens with one attached hydrogen (secondary N) is 1. The molecule has 0 spiro atoms. The number of amides is 1. The van der Waals surface area contributed by atoms with Crippen LogP contribution in [0.25, 0.3) is 0 Å². The highest BCUT2D eigenvalue weighted by atomic mass is 16.1. The molecule has 2 unspecified atom stereocenters. The summed E-state index contributed by atoms with van der Waals surface area (Å²) in [5.41, 5.74) is 1.61. The molecule has 112 valence electrons. The van der Waals surface area contributed by atoms with Gasteiger partial charge in [0.1, 0.15) is 0 Å². The van der Waals surface area contributed by atoms with Crippen molar-refractivity contribution in [1.29, 1.82) is 0 Å². The van der Waals surface area contributed by atoms with Crippen molar-refractivity contribution in [3.63, 3.8) is 0 Å². The molecule has 1 aromatic rings. The first-order valence-corrected chi connectivity index (χ1v) is 7.43. The van der Waals surface area contributed by atoms with E-state index in [0.29, 0.717) is 17.5 Å². The summed E-state index contributed by atoms with van der Waals surface area (Å²) >= 11 is 0. The van der Waals surface area contributed by atoms with E-state index in [1.807, 2.05) is 14.0 Å². The van der Waals surface area contributed by atoms with Crippen LogP contribution in [-0.4, -0.2) is 47.3 Å². The van der Waals surface area contributed by atoms with Crippen molar-refractivity contribution in [3.05, 3.63) is 17.5 Å². The molecule has 1 fully saturated rings. The van der Waals surface area contributed by atoms with Gasteiger partial charge in [0.05, 0.1) is 11.8 Å². The Hall–Kier alpha value is -1.36. The van der Waals surface area contributed by atoms with Gasteiger partial charge in [0, 0.05) is 25.3 Å². The molecule has 1 aromatic heterocycles. The number of hydrogen-bond donors (Lipinski definition) is 1. The minimum absolute atomic E-state index is 0.0197. The molecular formula is C15H26N4O. The third-order valence-electron chi connectivity index (χ3n) is 4.31. The van der Waals surface area contributed by atoms with Crippen LogP contribution in [0, 0.1) is 12.8 Å². The van der Waals surface area contributed by atoms with E-state index < -0.39 is 0 Å². The monoisotopic (exact) mass is 278 g/mol. The van der Waals surface area contributed by atoms with Gasteiger partial charge in [-0.15, -0.1) is 0 Å². The van der Waals surface area contributed by atoms with Crippen LogP contribution in [0.1, 0.15) is 41.7 Å². The van der Waals surface area contributed by atoms with Crippen molar-refractivity contribution in [1.82, 2.24) is 20.0 Å². The standard InChI is InChI=1S/C15H26N4O/c1-11-13(9-16-19(11)4)15(20)17-14-8-6-5-7-12(14)10-18(2)3/h9,12,14H,5-8,10H2,1-4H3,(H,17,20). The Morgan fingerprint density at radius 1 is 1.45 bits per heavy atom. The summed E-state index contributed by atoms with van der Waals surface area (Å²) in [5, 5.41) is 7.37. The number of aryl methyl sites for hydroxylation is 1. The topological polar surface area (TPSA) is 50.2 Å². The van der Waals surface area contributed by atoms with Gasteiger partial charge in [0.25, 0.3) is 5.91 Å². The highest BCUT2D eigenvalue weighted by Crippen LogP contribution is 2.25. The van der Waals surface area contributed by atoms with Crippen molar-refractivity contribution >= 4 is 5.91 Å². The summed E-state index contributed by atoms with van der Waals surface area (Å²) < 4.78 is 1.74. The number of nitrogens with zero attached hydrogens (tertiary/aromatic N) is 3. The van der Waals surface area contributed by atoms with Crippen LogP contribution >= 0.6 is 0 Å². The van der Waals surface area contributed by atoms with Crippen LogP contribution in [0.2, 0.25) is 0 Å². The van der Waals surface area contributed by atoms with Gasteiger partial charge in [-0.1, -0.05) is 12.8 Å². The average molecular weight is 278 g/mol. The second-order valence-electron chi connectivity index (χ2n) is 6.15. The zero-order chi connectivity index (χ0) is 14.7. The number of carbonyl (C=O) groups is 1. The van der Waals surface area contributed by atoms with Crippen molar-refractivity contribution in [3.8, 4) is 0 Å². The number of aromatic nitrogens is 2. The van der Waals surface area contributed by atoms with E-state index in [1.165, 1.54) is 19.3 Å². The van der Waals surface area contributed by atoms with Crippen molar-refractivity contribution in [2.75, 3.05) is 20.6 Å². The third kappa shape index (κ3) is 3.39. The van der Waals surface area contributed by atoms with Crippen LogP contribution in [0.3, 0.4) is 0 Å². The van der Waals surface area contributed by atoms with Gasteiger partial charge in [-0.3, -0.25) is 9.48 Å². The number of rotatable bonds is 4. The van der Waals surface area contributed by atoms with E-state index in [2.05, 4.69) is 29.4 Å². The molecule has 2 atom stereocenters. The Labute approximate surface area is 121 Å². The molecule has 1 N–H and O–H groups in total. The Balaban J connectivity index is 2.03. The van der Waals surface area contributed by atoms with Crippen LogP contribution in [0.15, 0.2) is 6.20 Å². The van der Waals surface area contributed by atoms with Gasteiger partial charge in [0.2, 0.25) is 0 Å². The van der Waals surface area contributed by atoms with Gasteiger partial charge >= 0.3 is 0 Å². The van der Waals surface area contributed by atoms with Gasteiger partial charge in [-0.2, -0.15) is 5.10 Å². The number of hydrogen-bond acceptors (Lipinski definition) is 3. The van der Waals surface area contributed by atoms with E-state index in [0.717, 1.165) is 18.7 Å². The zero-order valence-corrected chi connectivity index (χ0v) is 13.0. The predicted molar refractivity (Wildman–Crippen MR) is 79.7 cm³/mol. The molecule has 1 amide bonds. The highest BCUT2D eigenvalue weighted by molar-refractivity contribution is 5.95. The van der Waals surface area contributed by atoms with Crippen LogP contribution < -0.4 is 5.32 Å². The zero-order valence-electron chi connectivity index (χ0n) is 13.0. The fourth-order valence-electron chi connectivity index (χ4n) is 3.05. The van der Waals surface area contributed by atoms with Crippen molar-refractivity contribution in [2.24, 2.45) is 13.0 Å². The second-order valence-corrected chi connectivity index (χ2v) is 6.15. The quantitative estimate of drug-likeness (QED) is 0.909. The molecule has 5 nitrogen and oxygen atoms in total. The summed E-state index contributed by atoms with van der Waals surface area (Å²) in [6.45, 7) is 2.97. The largest absolute Gasteiger partial charge is 0.349 e. The van der Waals surface area contributed by atoms with Crippen LogP contribution in [0.4, 0.5) is 0 Å². The average Bonchev–Trinajstić information content (AvgIpc) is 2.72. The lowest BCUT2D eigenvalue weighted by Gasteiger charge is -2.33. The fraction of sp³-hybridized carbons (Fsp3) is 0.733. The third-order valence-corrected chi connectivity index (χ3v) is 4.31.